The lowest BCUT2D eigenvalue weighted by molar-refractivity contribution is -0.138. The molecule has 0 fully saturated rings. The maximum Gasteiger partial charge on any atom is 0.338 e. The van der Waals surface area contributed by atoms with Crippen LogP contribution < -0.4 is 30.3 Å². The summed E-state index contributed by atoms with van der Waals surface area (Å²) in [5, 5.41) is 0. The van der Waals surface area contributed by atoms with Gasteiger partial charge in [0.05, 0.1) is 34.8 Å². The fourth-order valence-electron chi connectivity index (χ4n) is 4.58. The normalized spacial score (nSPS) is 15.1. The predicted molar refractivity (Wildman–Crippen MR) is 160 cm³/mol. The van der Waals surface area contributed by atoms with Crippen LogP contribution in [0.5, 0.6) is 0 Å². The SMILES string of the molecule is CCOC(=O)C1=C(N)n2c(sc(=Cc3ccc(N(C)C)cc3)c2=O)=C(C(=O)OCC)C1c1ccc(N(C)C)cc1. The smallest absolute Gasteiger partial charge is 0.338 e. The molecule has 210 valence electrons. The zero-order chi connectivity index (χ0) is 29.1. The molecular weight excluding hydrogens is 528 g/mol. The highest BCUT2D eigenvalue weighted by Gasteiger charge is 2.40. The fourth-order valence-corrected chi connectivity index (χ4v) is 5.75. The Morgan fingerprint density at radius 1 is 0.875 bits per heavy atom. The Morgan fingerprint density at radius 2 is 1.38 bits per heavy atom. The van der Waals surface area contributed by atoms with Crippen LogP contribution in [0, 0.1) is 0 Å². The van der Waals surface area contributed by atoms with Gasteiger partial charge in [-0.05, 0) is 55.3 Å². The van der Waals surface area contributed by atoms with Gasteiger partial charge in [-0.25, -0.2) is 9.59 Å². The van der Waals surface area contributed by atoms with Gasteiger partial charge in [0.2, 0.25) is 0 Å². The monoisotopic (exact) mass is 562 g/mol. The molecule has 2 heterocycles. The molecule has 9 nitrogen and oxygen atoms in total. The van der Waals surface area contributed by atoms with Crippen molar-refractivity contribution in [2.45, 2.75) is 19.8 Å². The quantitative estimate of drug-likeness (QED) is 0.416. The molecule has 0 spiro atoms. The summed E-state index contributed by atoms with van der Waals surface area (Å²) >= 11 is 1.14. The van der Waals surface area contributed by atoms with Gasteiger partial charge < -0.3 is 25.0 Å². The average Bonchev–Trinajstić information content (AvgIpc) is 3.24. The Kier molecular flexibility index (Phi) is 8.49. The Labute approximate surface area is 237 Å². The van der Waals surface area contributed by atoms with Crippen molar-refractivity contribution >= 4 is 52.1 Å². The van der Waals surface area contributed by atoms with E-state index in [0.717, 1.165) is 28.3 Å². The van der Waals surface area contributed by atoms with Crippen LogP contribution in [0.15, 0.2) is 58.9 Å². The summed E-state index contributed by atoms with van der Waals surface area (Å²) in [7, 11) is 7.74. The minimum absolute atomic E-state index is 0.0248. The average molecular weight is 563 g/mol. The molecule has 0 radical (unpaired) electrons. The number of fused-ring (bicyclic) bond motifs is 1. The second kappa shape index (κ2) is 11.8. The Bertz CT molecular complexity index is 1630. The van der Waals surface area contributed by atoms with E-state index in [1.165, 1.54) is 4.57 Å². The van der Waals surface area contributed by atoms with E-state index in [2.05, 4.69) is 0 Å². The second-order valence-electron chi connectivity index (χ2n) is 9.61. The first-order chi connectivity index (χ1) is 19.1. The van der Waals surface area contributed by atoms with Crippen molar-refractivity contribution in [1.82, 2.24) is 4.57 Å². The van der Waals surface area contributed by atoms with Crippen molar-refractivity contribution in [1.29, 1.82) is 0 Å². The number of rotatable bonds is 8. The van der Waals surface area contributed by atoms with E-state index in [9.17, 15) is 14.4 Å². The largest absolute Gasteiger partial charge is 0.463 e. The number of nitrogens with two attached hydrogens (primary N) is 1. The summed E-state index contributed by atoms with van der Waals surface area (Å²) < 4.78 is 12.7. The zero-order valence-corrected chi connectivity index (χ0v) is 24.4. The third kappa shape index (κ3) is 5.40. The maximum atomic E-state index is 13.7. The maximum absolute atomic E-state index is 13.7. The van der Waals surface area contributed by atoms with E-state index in [-0.39, 0.29) is 30.2 Å². The van der Waals surface area contributed by atoms with Crippen molar-refractivity contribution in [2.24, 2.45) is 5.73 Å². The number of carbonyl (C=O) groups excluding carboxylic acids is 2. The summed E-state index contributed by atoms with van der Waals surface area (Å²) in [6.07, 6.45) is 1.75. The van der Waals surface area contributed by atoms with Gasteiger partial charge in [0.1, 0.15) is 10.5 Å². The Hall–Kier alpha value is -4.31. The molecule has 0 saturated carbocycles. The summed E-state index contributed by atoms with van der Waals surface area (Å²) in [5.41, 5.74) is 9.76. The molecule has 2 N–H and O–H groups in total. The number of hydrogen-bond donors (Lipinski definition) is 1. The summed E-state index contributed by atoms with van der Waals surface area (Å²) in [4.78, 5) is 44.5. The molecule has 10 heteroatoms. The third-order valence-corrected chi connectivity index (χ3v) is 7.70. The first-order valence-corrected chi connectivity index (χ1v) is 13.8. The van der Waals surface area contributed by atoms with Crippen molar-refractivity contribution in [3.05, 3.63) is 84.8 Å². The lowest BCUT2D eigenvalue weighted by atomic mass is 9.83. The van der Waals surface area contributed by atoms with Gasteiger partial charge in [0.25, 0.3) is 5.56 Å². The number of esters is 2. The van der Waals surface area contributed by atoms with E-state index in [4.69, 9.17) is 15.2 Å². The number of thiazole rings is 1. The van der Waals surface area contributed by atoms with Gasteiger partial charge in [-0.15, -0.1) is 11.3 Å². The molecule has 1 atom stereocenters. The number of anilines is 2. The van der Waals surface area contributed by atoms with Crippen molar-refractivity contribution in [2.75, 3.05) is 51.2 Å². The predicted octanol–water partition coefficient (Wildman–Crippen LogP) is 2.07. The van der Waals surface area contributed by atoms with Gasteiger partial charge in [0, 0.05) is 39.6 Å². The molecule has 3 aromatic rings. The van der Waals surface area contributed by atoms with E-state index >= 15 is 0 Å². The van der Waals surface area contributed by atoms with Crippen LogP contribution in [0.3, 0.4) is 0 Å². The highest BCUT2D eigenvalue weighted by atomic mass is 32.1. The van der Waals surface area contributed by atoms with E-state index in [1.807, 2.05) is 86.5 Å². The first kappa shape index (κ1) is 28.7. The highest BCUT2D eigenvalue weighted by Crippen LogP contribution is 2.38. The zero-order valence-electron chi connectivity index (χ0n) is 23.6. The van der Waals surface area contributed by atoms with Gasteiger partial charge in [-0.2, -0.15) is 0 Å². The van der Waals surface area contributed by atoms with Crippen molar-refractivity contribution in [3.63, 3.8) is 0 Å². The minimum atomic E-state index is -0.889. The third-order valence-electron chi connectivity index (χ3n) is 6.59. The highest BCUT2D eigenvalue weighted by molar-refractivity contribution is 7.07. The van der Waals surface area contributed by atoms with E-state index in [1.54, 1.807) is 19.9 Å². The van der Waals surface area contributed by atoms with Crippen LogP contribution in [0.2, 0.25) is 0 Å². The number of hydrogen-bond acceptors (Lipinski definition) is 9. The van der Waals surface area contributed by atoms with Gasteiger partial charge in [-0.1, -0.05) is 24.3 Å². The van der Waals surface area contributed by atoms with Crippen molar-refractivity contribution in [3.8, 4) is 0 Å². The van der Waals surface area contributed by atoms with Crippen LogP contribution in [-0.2, 0) is 19.1 Å². The minimum Gasteiger partial charge on any atom is -0.463 e. The standard InChI is InChI=1S/C30H34N4O5S/c1-7-38-29(36)24-23(19-11-15-21(16-12-19)33(5)6)25(30(37)39-8-2)28-34(26(24)31)27(35)22(40-28)17-18-9-13-20(14-10-18)32(3)4/h9-17,23H,7-8,31H2,1-6H3. The second-order valence-corrected chi connectivity index (χ2v) is 10.6. The molecule has 0 aliphatic carbocycles. The van der Waals surface area contributed by atoms with Gasteiger partial charge in [0.15, 0.2) is 0 Å². The molecule has 0 saturated heterocycles. The topological polar surface area (TPSA) is 107 Å². The molecule has 0 bridgehead atoms. The van der Waals surface area contributed by atoms with E-state index < -0.39 is 23.4 Å². The fraction of sp³-hybridized carbons (Fsp3) is 0.300. The number of carbonyl (C=O) groups is 2. The molecule has 0 amide bonds. The number of aromatic nitrogens is 1. The summed E-state index contributed by atoms with van der Waals surface area (Å²) in [6.45, 7) is 3.61. The van der Waals surface area contributed by atoms with E-state index in [0.29, 0.717) is 14.8 Å². The van der Waals surface area contributed by atoms with Gasteiger partial charge >= 0.3 is 11.9 Å². The van der Waals surface area contributed by atoms with Crippen LogP contribution in [0.4, 0.5) is 11.4 Å². The summed E-state index contributed by atoms with van der Waals surface area (Å²) in [5.74, 6) is -2.28. The van der Waals surface area contributed by atoms with Crippen LogP contribution in [0.1, 0.15) is 30.9 Å². The molecule has 1 aliphatic rings. The molecule has 4 rings (SSSR count). The summed E-state index contributed by atoms with van der Waals surface area (Å²) in [6, 6.07) is 15.2. The molecule has 2 aromatic carbocycles. The first-order valence-electron chi connectivity index (χ1n) is 13.0. The molecule has 1 aromatic heterocycles. The molecule has 40 heavy (non-hydrogen) atoms. The molecule has 1 unspecified atom stereocenters. The lowest BCUT2D eigenvalue weighted by Gasteiger charge is -2.27. The number of benzene rings is 2. The van der Waals surface area contributed by atoms with Crippen LogP contribution in [0.25, 0.3) is 17.5 Å². The Morgan fingerprint density at radius 3 is 1.88 bits per heavy atom. The molecular formula is C30H34N4O5S. The van der Waals surface area contributed by atoms with Crippen LogP contribution >= 0.6 is 11.3 Å². The molecule has 1 aliphatic heterocycles. The van der Waals surface area contributed by atoms with Gasteiger partial charge in [-0.3, -0.25) is 9.36 Å². The number of ether oxygens (including phenoxy) is 2. The number of nitrogens with zero attached hydrogens (tertiary/aromatic N) is 3. The Balaban J connectivity index is 2.04. The van der Waals surface area contributed by atoms with Crippen LogP contribution in [-0.4, -0.2) is 57.9 Å². The van der Waals surface area contributed by atoms with Crippen molar-refractivity contribution < 1.29 is 19.1 Å². The lowest BCUT2D eigenvalue weighted by Crippen LogP contribution is -2.42.